The van der Waals surface area contributed by atoms with Crippen LogP contribution in [0, 0.1) is 0 Å². The van der Waals surface area contributed by atoms with Gasteiger partial charge in [-0.25, -0.2) is 8.42 Å². The Morgan fingerprint density at radius 3 is 2.54 bits per heavy atom. The number of anilines is 1. The van der Waals surface area contributed by atoms with E-state index in [4.69, 9.17) is 14.2 Å². The molecular formula is C16H24N4O5S. The van der Waals surface area contributed by atoms with E-state index in [9.17, 15) is 8.42 Å². The molecule has 2 aromatic rings. The molecule has 0 unspecified atom stereocenters. The number of hydrogen-bond donors (Lipinski definition) is 1. The molecule has 1 N–H and O–H groups in total. The molecule has 10 heteroatoms. The third-order valence-electron chi connectivity index (χ3n) is 3.41. The van der Waals surface area contributed by atoms with Crippen molar-refractivity contribution in [2.45, 2.75) is 0 Å². The van der Waals surface area contributed by atoms with Crippen LogP contribution in [0.1, 0.15) is 0 Å². The smallest absolute Gasteiger partial charge is 0.234 e. The normalized spacial score (nSPS) is 11.6. The molecule has 0 fully saturated rings. The molecule has 0 amide bonds. The van der Waals surface area contributed by atoms with E-state index in [1.807, 2.05) is 13.1 Å². The minimum absolute atomic E-state index is 0.0892. The zero-order valence-corrected chi connectivity index (χ0v) is 15.7. The Morgan fingerprint density at radius 2 is 1.85 bits per heavy atom. The van der Waals surface area contributed by atoms with Gasteiger partial charge >= 0.3 is 0 Å². The molecular weight excluding hydrogens is 360 g/mol. The van der Waals surface area contributed by atoms with Crippen molar-refractivity contribution in [3.8, 4) is 11.4 Å². The number of benzene rings is 1. The summed E-state index contributed by atoms with van der Waals surface area (Å²) in [5.41, 5.74) is 1.24. The van der Waals surface area contributed by atoms with E-state index >= 15 is 0 Å². The van der Waals surface area contributed by atoms with Crippen LogP contribution in [-0.2, 0) is 31.3 Å². The molecule has 0 aliphatic heterocycles. The number of nitrogens with one attached hydrogen (secondary N) is 1. The summed E-state index contributed by atoms with van der Waals surface area (Å²) >= 11 is 0. The van der Waals surface area contributed by atoms with Gasteiger partial charge in [-0.05, 0) is 12.1 Å². The molecule has 1 aromatic heterocycles. The SMILES string of the molecule is COCCOCCOCCS(=O)(=O)Nc1cccc(-c2nncn2C)c1. The number of aromatic nitrogens is 3. The predicted molar refractivity (Wildman–Crippen MR) is 97.4 cm³/mol. The first-order chi connectivity index (χ1) is 12.5. The lowest BCUT2D eigenvalue weighted by Gasteiger charge is -2.10. The van der Waals surface area contributed by atoms with Crippen LogP contribution in [0.15, 0.2) is 30.6 Å². The van der Waals surface area contributed by atoms with E-state index in [1.165, 1.54) is 0 Å². The van der Waals surface area contributed by atoms with Crippen molar-refractivity contribution in [3.05, 3.63) is 30.6 Å². The number of ether oxygens (including phenoxy) is 3. The van der Waals surface area contributed by atoms with E-state index in [-0.39, 0.29) is 12.4 Å². The monoisotopic (exact) mass is 384 g/mol. The van der Waals surface area contributed by atoms with E-state index in [0.29, 0.717) is 37.9 Å². The molecule has 1 aromatic carbocycles. The first kappa shape index (κ1) is 20.3. The first-order valence-electron chi connectivity index (χ1n) is 8.11. The van der Waals surface area contributed by atoms with E-state index < -0.39 is 10.0 Å². The summed E-state index contributed by atoms with van der Waals surface area (Å²) in [6.45, 7) is 1.83. The highest BCUT2D eigenvalue weighted by Crippen LogP contribution is 2.20. The second kappa shape index (κ2) is 10.2. The van der Waals surface area contributed by atoms with Gasteiger partial charge in [-0.2, -0.15) is 0 Å². The molecule has 0 spiro atoms. The maximum atomic E-state index is 12.2. The lowest BCUT2D eigenvalue weighted by molar-refractivity contribution is 0.0284. The topological polar surface area (TPSA) is 105 Å². The lowest BCUT2D eigenvalue weighted by atomic mass is 10.2. The van der Waals surface area contributed by atoms with Gasteiger partial charge in [-0.15, -0.1) is 10.2 Å². The number of hydrogen-bond acceptors (Lipinski definition) is 7. The summed E-state index contributed by atoms with van der Waals surface area (Å²) in [7, 11) is -0.0905. The van der Waals surface area contributed by atoms with E-state index in [0.717, 1.165) is 5.56 Å². The van der Waals surface area contributed by atoms with Crippen LogP contribution in [0.25, 0.3) is 11.4 Å². The van der Waals surface area contributed by atoms with Gasteiger partial charge in [0.15, 0.2) is 5.82 Å². The van der Waals surface area contributed by atoms with Gasteiger partial charge in [0.1, 0.15) is 6.33 Å². The van der Waals surface area contributed by atoms with Crippen molar-refractivity contribution in [2.75, 3.05) is 50.6 Å². The lowest BCUT2D eigenvalue weighted by Crippen LogP contribution is -2.21. The zero-order chi connectivity index (χ0) is 18.8. The molecule has 26 heavy (non-hydrogen) atoms. The van der Waals surface area contributed by atoms with Gasteiger partial charge < -0.3 is 18.8 Å². The Kier molecular flexibility index (Phi) is 7.98. The quantitative estimate of drug-likeness (QED) is 0.542. The number of nitrogens with zero attached hydrogens (tertiary/aromatic N) is 3. The van der Waals surface area contributed by atoms with Crippen molar-refractivity contribution in [3.63, 3.8) is 0 Å². The molecule has 0 bridgehead atoms. The largest absolute Gasteiger partial charge is 0.382 e. The molecule has 0 saturated heterocycles. The Bertz CT molecular complexity index is 778. The third kappa shape index (κ3) is 6.71. The van der Waals surface area contributed by atoms with Crippen LogP contribution in [0.4, 0.5) is 5.69 Å². The maximum Gasteiger partial charge on any atom is 0.234 e. The van der Waals surface area contributed by atoms with Crippen LogP contribution < -0.4 is 4.72 Å². The van der Waals surface area contributed by atoms with Crippen LogP contribution in [-0.4, -0.2) is 69.1 Å². The van der Waals surface area contributed by atoms with Gasteiger partial charge in [-0.3, -0.25) is 4.72 Å². The van der Waals surface area contributed by atoms with Crippen molar-refractivity contribution >= 4 is 15.7 Å². The van der Waals surface area contributed by atoms with Crippen LogP contribution >= 0.6 is 0 Å². The Balaban J connectivity index is 1.79. The predicted octanol–water partition coefficient (Wildman–Crippen LogP) is 0.903. The molecule has 0 radical (unpaired) electrons. The van der Waals surface area contributed by atoms with Gasteiger partial charge in [0, 0.05) is 25.4 Å². The average Bonchev–Trinajstić information content (AvgIpc) is 3.03. The minimum Gasteiger partial charge on any atom is -0.382 e. The van der Waals surface area contributed by atoms with Crippen molar-refractivity contribution in [2.24, 2.45) is 7.05 Å². The number of methoxy groups -OCH3 is 1. The van der Waals surface area contributed by atoms with Crippen molar-refractivity contribution in [1.29, 1.82) is 0 Å². The highest BCUT2D eigenvalue weighted by Gasteiger charge is 2.12. The number of aryl methyl sites for hydroxylation is 1. The summed E-state index contributed by atoms with van der Waals surface area (Å²) in [5.74, 6) is 0.516. The Labute approximate surface area is 153 Å². The average molecular weight is 384 g/mol. The van der Waals surface area contributed by atoms with Crippen LogP contribution in [0.3, 0.4) is 0 Å². The zero-order valence-electron chi connectivity index (χ0n) is 14.9. The Morgan fingerprint density at radius 1 is 1.12 bits per heavy atom. The van der Waals surface area contributed by atoms with Crippen LogP contribution in [0.5, 0.6) is 0 Å². The van der Waals surface area contributed by atoms with Crippen LogP contribution in [0.2, 0.25) is 0 Å². The molecule has 1 heterocycles. The van der Waals surface area contributed by atoms with E-state index in [1.54, 1.807) is 36.2 Å². The van der Waals surface area contributed by atoms with Crippen molar-refractivity contribution in [1.82, 2.24) is 14.8 Å². The third-order valence-corrected chi connectivity index (χ3v) is 4.66. The second-order valence-corrected chi connectivity index (χ2v) is 7.33. The Hall–Kier alpha value is -2.01. The van der Waals surface area contributed by atoms with E-state index in [2.05, 4.69) is 14.9 Å². The molecule has 0 aliphatic rings. The molecule has 0 atom stereocenters. The highest BCUT2D eigenvalue weighted by molar-refractivity contribution is 7.92. The summed E-state index contributed by atoms with van der Waals surface area (Å²) in [5, 5.41) is 7.84. The fourth-order valence-corrected chi connectivity index (χ4v) is 3.06. The summed E-state index contributed by atoms with van der Waals surface area (Å²) < 4.78 is 44.0. The van der Waals surface area contributed by atoms with Gasteiger partial charge in [0.25, 0.3) is 0 Å². The maximum absolute atomic E-state index is 12.2. The first-order valence-corrected chi connectivity index (χ1v) is 9.76. The molecule has 0 saturated carbocycles. The summed E-state index contributed by atoms with van der Waals surface area (Å²) in [6.07, 6.45) is 1.59. The summed E-state index contributed by atoms with van der Waals surface area (Å²) in [6, 6.07) is 7.00. The second-order valence-electron chi connectivity index (χ2n) is 5.48. The molecule has 2 rings (SSSR count). The fraction of sp³-hybridized carbons (Fsp3) is 0.500. The standard InChI is InChI=1S/C16H24N4O5S/c1-20-13-17-18-16(20)14-4-3-5-15(12-14)19-26(21,22)11-10-25-9-8-24-7-6-23-2/h3-5,12-13,19H,6-11H2,1-2H3. The number of sulfonamides is 1. The minimum atomic E-state index is -3.51. The van der Waals surface area contributed by atoms with Gasteiger partial charge in [-0.1, -0.05) is 12.1 Å². The number of rotatable bonds is 12. The molecule has 0 aliphatic carbocycles. The molecule has 9 nitrogen and oxygen atoms in total. The van der Waals surface area contributed by atoms with Crippen molar-refractivity contribution < 1.29 is 22.6 Å². The van der Waals surface area contributed by atoms with Gasteiger partial charge in [0.2, 0.25) is 10.0 Å². The molecule has 144 valence electrons. The fourth-order valence-electron chi connectivity index (χ4n) is 2.13. The summed E-state index contributed by atoms with van der Waals surface area (Å²) in [4.78, 5) is 0. The highest BCUT2D eigenvalue weighted by atomic mass is 32.2. The van der Waals surface area contributed by atoms with Gasteiger partial charge in [0.05, 0.1) is 38.8 Å².